The number of carbonyl (C=O) groups is 2. The third kappa shape index (κ3) is 5.85. The molecule has 0 atom stereocenters. The number of anilines is 1. The number of methoxy groups -OCH3 is 1. The van der Waals surface area contributed by atoms with E-state index >= 15 is 0 Å². The third-order valence-electron chi connectivity index (χ3n) is 3.10. The molecule has 0 saturated carbocycles. The number of hydrogen-bond acceptors (Lipinski definition) is 4. The van der Waals surface area contributed by atoms with Crippen LogP contribution in [0.15, 0.2) is 42.5 Å². The Labute approximate surface area is 155 Å². The molecule has 0 radical (unpaired) electrons. The van der Waals surface area contributed by atoms with Crippen molar-refractivity contribution in [1.82, 2.24) is 5.32 Å². The number of amides is 2. The highest BCUT2D eigenvalue weighted by Crippen LogP contribution is 2.25. The average molecular weight is 383 g/mol. The molecule has 2 N–H and O–H groups in total. The lowest BCUT2D eigenvalue weighted by molar-refractivity contribution is -0.136. The summed E-state index contributed by atoms with van der Waals surface area (Å²) in [4.78, 5) is 23.6. The summed E-state index contributed by atoms with van der Waals surface area (Å²) in [5.41, 5.74) is 0.267. The standard InChI is InChI=1S/C17H16Cl2N2O4/c1-24-12-3-5-13(6-4-12)25-9-8-20-16(22)17(23)21-15-10-11(18)2-7-14(15)19/h2-7,10H,8-9H2,1H3,(H,20,22)(H,21,23). The highest BCUT2D eigenvalue weighted by molar-refractivity contribution is 6.42. The van der Waals surface area contributed by atoms with Crippen molar-refractivity contribution in [3.63, 3.8) is 0 Å². The van der Waals surface area contributed by atoms with Gasteiger partial charge in [0.2, 0.25) is 0 Å². The minimum absolute atomic E-state index is 0.168. The fraction of sp³-hybridized carbons (Fsp3) is 0.176. The zero-order valence-electron chi connectivity index (χ0n) is 13.3. The van der Waals surface area contributed by atoms with Crippen LogP contribution in [-0.2, 0) is 9.59 Å². The molecular weight excluding hydrogens is 367 g/mol. The Balaban J connectivity index is 1.75. The largest absolute Gasteiger partial charge is 0.497 e. The van der Waals surface area contributed by atoms with Crippen LogP contribution in [0.5, 0.6) is 11.5 Å². The lowest BCUT2D eigenvalue weighted by atomic mass is 10.3. The number of carbonyl (C=O) groups excluding carboxylic acids is 2. The van der Waals surface area contributed by atoms with Gasteiger partial charge in [-0.1, -0.05) is 23.2 Å². The molecule has 0 unspecified atom stereocenters. The van der Waals surface area contributed by atoms with E-state index in [4.69, 9.17) is 32.7 Å². The average Bonchev–Trinajstić information content (AvgIpc) is 2.62. The molecule has 2 rings (SSSR count). The first-order chi connectivity index (χ1) is 12.0. The molecule has 0 aliphatic rings. The van der Waals surface area contributed by atoms with E-state index in [0.29, 0.717) is 10.8 Å². The van der Waals surface area contributed by atoms with Crippen LogP contribution < -0.4 is 20.1 Å². The van der Waals surface area contributed by atoms with E-state index in [0.717, 1.165) is 5.75 Å². The van der Waals surface area contributed by atoms with Crippen LogP contribution in [0.2, 0.25) is 10.0 Å². The molecule has 6 nitrogen and oxygen atoms in total. The Morgan fingerprint density at radius 3 is 2.36 bits per heavy atom. The minimum Gasteiger partial charge on any atom is -0.497 e. The number of halogens is 2. The summed E-state index contributed by atoms with van der Waals surface area (Å²) >= 11 is 11.8. The van der Waals surface area contributed by atoms with Gasteiger partial charge in [-0.05, 0) is 42.5 Å². The molecule has 2 aromatic rings. The Bertz CT molecular complexity index is 751. The van der Waals surface area contributed by atoms with Crippen molar-refractivity contribution in [2.24, 2.45) is 0 Å². The molecule has 0 bridgehead atoms. The Kier molecular flexibility index (Phi) is 6.91. The first-order valence-electron chi connectivity index (χ1n) is 7.30. The minimum atomic E-state index is -0.839. The van der Waals surface area contributed by atoms with Crippen molar-refractivity contribution in [3.8, 4) is 11.5 Å². The van der Waals surface area contributed by atoms with Crippen LogP contribution >= 0.6 is 23.2 Å². The highest BCUT2D eigenvalue weighted by atomic mass is 35.5. The van der Waals surface area contributed by atoms with Gasteiger partial charge >= 0.3 is 11.8 Å². The first-order valence-corrected chi connectivity index (χ1v) is 8.06. The summed E-state index contributed by atoms with van der Waals surface area (Å²) in [5.74, 6) is -0.287. The summed E-state index contributed by atoms with van der Waals surface area (Å²) in [6, 6.07) is 11.6. The van der Waals surface area contributed by atoms with Crippen LogP contribution in [0.3, 0.4) is 0 Å². The van der Waals surface area contributed by atoms with Gasteiger partial charge in [0, 0.05) is 5.02 Å². The zero-order valence-corrected chi connectivity index (χ0v) is 14.9. The maximum Gasteiger partial charge on any atom is 0.313 e. The SMILES string of the molecule is COc1ccc(OCCNC(=O)C(=O)Nc2cc(Cl)ccc2Cl)cc1. The summed E-state index contributed by atoms with van der Waals surface area (Å²) in [5, 5.41) is 5.53. The summed E-state index contributed by atoms with van der Waals surface area (Å²) in [7, 11) is 1.58. The smallest absolute Gasteiger partial charge is 0.313 e. The predicted molar refractivity (Wildman–Crippen MR) is 96.6 cm³/mol. The zero-order chi connectivity index (χ0) is 18.2. The summed E-state index contributed by atoms with van der Waals surface area (Å²) < 4.78 is 10.5. The van der Waals surface area contributed by atoms with Gasteiger partial charge < -0.3 is 20.1 Å². The molecule has 0 spiro atoms. The topological polar surface area (TPSA) is 76.7 Å². The Hall–Kier alpha value is -2.44. The molecule has 0 heterocycles. The van der Waals surface area contributed by atoms with E-state index in [2.05, 4.69) is 10.6 Å². The van der Waals surface area contributed by atoms with Gasteiger partial charge in [-0.15, -0.1) is 0 Å². The van der Waals surface area contributed by atoms with Gasteiger partial charge in [-0.2, -0.15) is 0 Å². The van der Waals surface area contributed by atoms with Crippen molar-refractivity contribution in [3.05, 3.63) is 52.5 Å². The second-order valence-corrected chi connectivity index (χ2v) is 5.70. The van der Waals surface area contributed by atoms with Crippen molar-refractivity contribution >= 4 is 40.7 Å². The lowest BCUT2D eigenvalue weighted by Crippen LogP contribution is -2.37. The fourth-order valence-electron chi connectivity index (χ4n) is 1.86. The third-order valence-corrected chi connectivity index (χ3v) is 3.66. The Morgan fingerprint density at radius 2 is 1.68 bits per heavy atom. The van der Waals surface area contributed by atoms with Gasteiger partial charge in [0.1, 0.15) is 18.1 Å². The van der Waals surface area contributed by atoms with Crippen molar-refractivity contribution in [2.45, 2.75) is 0 Å². The molecule has 25 heavy (non-hydrogen) atoms. The van der Waals surface area contributed by atoms with Gasteiger partial charge in [0.15, 0.2) is 0 Å². The number of ether oxygens (including phenoxy) is 2. The molecule has 132 valence electrons. The van der Waals surface area contributed by atoms with E-state index < -0.39 is 11.8 Å². The Morgan fingerprint density at radius 1 is 1.00 bits per heavy atom. The fourth-order valence-corrected chi connectivity index (χ4v) is 2.19. The van der Waals surface area contributed by atoms with E-state index in [1.54, 1.807) is 37.4 Å². The molecule has 0 aromatic heterocycles. The first kappa shape index (κ1) is 18.9. The van der Waals surface area contributed by atoms with Crippen LogP contribution in [0.25, 0.3) is 0 Å². The number of nitrogens with one attached hydrogen (secondary N) is 2. The second kappa shape index (κ2) is 9.15. The second-order valence-electron chi connectivity index (χ2n) is 4.86. The molecule has 0 aliphatic carbocycles. The van der Waals surface area contributed by atoms with Crippen molar-refractivity contribution in [2.75, 3.05) is 25.6 Å². The number of hydrogen-bond donors (Lipinski definition) is 2. The van der Waals surface area contributed by atoms with Crippen LogP contribution in [0.4, 0.5) is 5.69 Å². The van der Waals surface area contributed by atoms with Crippen LogP contribution in [0.1, 0.15) is 0 Å². The predicted octanol–water partition coefficient (Wildman–Crippen LogP) is 3.14. The molecular formula is C17H16Cl2N2O4. The molecule has 0 fully saturated rings. The highest BCUT2D eigenvalue weighted by Gasteiger charge is 2.14. The maximum atomic E-state index is 11.8. The quantitative estimate of drug-likeness (QED) is 0.594. The summed E-state index contributed by atoms with van der Waals surface area (Å²) in [6.45, 7) is 0.380. The van der Waals surface area contributed by atoms with Gasteiger partial charge in [-0.3, -0.25) is 9.59 Å². The monoisotopic (exact) mass is 382 g/mol. The van der Waals surface area contributed by atoms with Crippen molar-refractivity contribution < 1.29 is 19.1 Å². The molecule has 2 amide bonds. The molecule has 0 aliphatic heterocycles. The van der Waals surface area contributed by atoms with E-state index in [1.807, 2.05) is 0 Å². The molecule has 8 heteroatoms. The molecule has 2 aromatic carbocycles. The van der Waals surface area contributed by atoms with Crippen LogP contribution in [-0.4, -0.2) is 32.1 Å². The van der Waals surface area contributed by atoms with E-state index in [-0.39, 0.29) is 23.9 Å². The molecule has 0 saturated heterocycles. The van der Waals surface area contributed by atoms with Gasteiger partial charge in [0.25, 0.3) is 0 Å². The summed E-state index contributed by atoms with van der Waals surface area (Å²) in [6.07, 6.45) is 0. The van der Waals surface area contributed by atoms with Gasteiger partial charge in [-0.25, -0.2) is 0 Å². The normalized spacial score (nSPS) is 10.0. The van der Waals surface area contributed by atoms with E-state index in [1.165, 1.54) is 12.1 Å². The maximum absolute atomic E-state index is 11.8. The van der Waals surface area contributed by atoms with Gasteiger partial charge in [0.05, 0.1) is 24.4 Å². The van der Waals surface area contributed by atoms with Crippen molar-refractivity contribution in [1.29, 1.82) is 0 Å². The lowest BCUT2D eigenvalue weighted by Gasteiger charge is -2.09. The van der Waals surface area contributed by atoms with E-state index in [9.17, 15) is 9.59 Å². The number of benzene rings is 2. The number of rotatable bonds is 6. The van der Waals surface area contributed by atoms with Crippen LogP contribution in [0, 0.1) is 0 Å².